The van der Waals surface area contributed by atoms with E-state index in [0.29, 0.717) is 28.1 Å². The number of hydrogen-bond donors (Lipinski definition) is 1. The normalized spacial score (nSPS) is 12.8. The number of nitrogens with zero attached hydrogens (tertiary/aromatic N) is 3. The Morgan fingerprint density at radius 2 is 1.11 bits per heavy atom. The van der Waals surface area contributed by atoms with Gasteiger partial charge in [0.05, 0.1) is 28.0 Å². The molecule has 0 radical (unpaired) electrons. The van der Waals surface area contributed by atoms with Crippen LogP contribution in [0.4, 0.5) is 0 Å². The Bertz CT molecular complexity index is 3220. The second-order valence-corrected chi connectivity index (χ2v) is 17.9. The summed E-state index contributed by atoms with van der Waals surface area (Å²) in [7, 11) is 0. The van der Waals surface area contributed by atoms with Crippen LogP contribution in [0, 0.1) is 6.85 Å². The fraction of sp³-hybridized carbons (Fsp3) is 0.213. The first-order valence-corrected chi connectivity index (χ1v) is 23.1. The zero-order valence-corrected chi connectivity index (χ0v) is 38.4. The number of aromatic nitrogens is 3. The van der Waals surface area contributed by atoms with Crippen molar-refractivity contribution in [2.24, 2.45) is 0 Å². The quantitative estimate of drug-likeness (QED) is 0.126. The van der Waals surface area contributed by atoms with E-state index in [1.54, 1.807) is 12.1 Å². The number of rotatable bonds is 13. The van der Waals surface area contributed by atoms with Crippen molar-refractivity contribution in [3.63, 3.8) is 0 Å². The van der Waals surface area contributed by atoms with Crippen molar-refractivity contribution < 1.29 is 9.22 Å². The zero-order chi connectivity index (χ0) is 47.8. The molecule has 7 aromatic carbocycles. The standard InChI is InChI=1S/C61H59N3O/c1-8-60(6,9-2)51-28-21-29-52(61(7,10-3)11-4)57(51)45-32-33-54(41(5)36-45)64-55-30-20-27-49(58(55)63-59(64)50-26-18-19-31-56(50)65)47-37-46(43-24-16-13-17-25-43)38-48(39-47)53-40-44(34-35-62-53)42-22-14-12-15-23-42/h12-40,65H,8-11H2,1-7H3/i5D3. The van der Waals surface area contributed by atoms with Crippen molar-refractivity contribution in [2.75, 3.05) is 0 Å². The smallest absolute Gasteiger partial charge is 0.149 e. The van der Waals surface area contributed by atoms with Gasteiger partial charge in [-0.25, -0.2) is 4.98 Å². The summed E-state index contributed by atoms with van der Waals surface area (Å²) in [5.41, 5.74) is 14.6. The third-order valence-corrected chi connectivity index (χ3v) is 14.4. The first-order chi connectivity index (χ1) is 32.8. The van der Waals surface area contributed by atoms with Crippen molar-refractivity contribution in [1.29, 1.82) is 0 Å². The maximum Gasteiger partial charge on any atom is 0.149 e. The Labute approximate surface area is 389 Å². The molecular formula is C61H59N3O. The molecule has 4 heteroatoms. The van der Waals surface area contributed by atoms with Crippen molar-refractivity contribution in [3.05, 3.63) is 193 Å². The minimum Gasteiger partial charge on any atom is -0.507 e. The number of imidazole rings is 1. The summed E-state index contributed by atoms with van der Waals surface area (Å²) in [6.07, 6.45) is 5.63. The average molecular weight is 853 g/mol. The molecule has 0 aliphatic rings. The van der Waals surface area contributed by atoms with Gasteiger partial charge in [0.25, 0.3) is 0 Å². The second-order valence-electron chi connectivity index (χ2n) is 17.9. The SMILES string of the molecule is [2H]C([2H])([2H])c1cc(-c2c(C(C)(CC)CC)cccc2C(C)(CC)CC)ccc1-n1c(-c2ccccc2O)nc2c(-c3cc(-c4ccccc4)cc(-c4cc(-c5ccccc5)ccn4)c3)cccc21. The average Bonchev–Trinajstić information content (AvgIpc) is 3.77. The van der Waals surface area contributed by atoms with Crippen LogP contribution < -0.4 is 0 Å². The number of pyridine rings is 1. The highest BCUT2D eigenvalue weighted by Crippen LogP contribution is 2.47. The molecule has 0 spiro atoms. The molecule has 65 heavy (non-hydrogen) atoms. The van der Waals surface area contributed by atoms with Gasteiger partial charge in [-0.3, -0.25) is 9.55 Å². The maximum atomic E-state index is 11.5. The molecule has 0 saturated heterocycles. The van der Waals surface area contributed by atoms with Crippen LogP contribution in [-0.2, 0) is 10.8 Å². The summed E-state index contributed by atoms with van der Waals surface area (Å²) in [6.45, 7) is 11.1. The van der Waals surface area contributed by atoms with Gasteiger partial charge >= 0.3 is 0 Å². The van der Waals surface area contributed by atoms with E-state index in [-0.39, 0.29) is 22.1 Å². The molecule has 0 amide bonds. The van der Waals surface area contributed by atoms with Gasteiger partial charge < -0.3 is 5.11 Å². The van der Waals surface area contributed by atoms with Gasteiger partial charge in [0.15, 0.2) is 0 Å². The molecule has 9 rings (SSSR count). The van der Waals surface area contributed by atoms with E-state index < -0.39 is 6.85 Å². The lowest BCUT2D eigenvalue weighted by molar-refractivity contribution is 0.426. The van der Waals surface area contributed by atoms with Crippen LogP contribution >= 0.6 is 0 Å². The fourth-order valence-corrected chi connectivity index (χ4v) is 9.56. The number of benzene rings is 7. The summed E-state index contributed by atoms with van der Waals surface area (Å²) < 4.78 is 29.5. The van der Waals surface area contributed by atoms with Crippen molar-refractivity contribution in [2.45, 2.75) is 84.9 Å². The maximum absolute atomic E-state index is 11.5. The molecular weight excluding hydrogens is 791 g/mol. The number of hydrogen-bond acceptors (Lipinski definition) is 3. The lowest BCUT2D eigenvalue weighted by Gasteiger charge is -2.36. The molecule has 2 heterocycles. The Hall–Kier alpha value is -7.04. The summed E-state index contributed by atoms with van der Waals surface area (Å²) >= 11 is 0. The third-order valence-electron chi connectivity index (χ3n) is 14.4. The van der Waals surface area contributed by atoms with Crippen LogP contribution in [0.25, 0.3) is 83.9 Å². The highest BCUT2D eigenvalue weighted by Gasteiger charge is 2.33. The number of fused-ring (bicyclic) bond motifs is 1. The highest BCUT2D eigenvalue weighted by atomic mass is 16.3. The highest BCUT2D eigenvalue weighted by molar-refractivity contribution is 5.98. The first kappa shape index (κ1) is 39.5. The monoisotopic (exact) mass is 852 g/mol. The zero-order valence-electron chi connectivity index (χ0n) is 41.4. The summed E-state index contributed by atoms with van der Waals surface area (Å²) in [6, 6.07) is 57.2. The Morgan fingerprint density at radius 1 is 0.523 bits per heavy atom. The van der Waals surface area contributed by atoms with E-state index in [1.165, 1.54) is 11.1 Å². The molecule has 9 aromatic rings. The van der Waals surface area contributed by atoms with Crippen LogP contribution in [0.15, 0.2) is 176 Å². The van der Waals surface area contributed by atoms with E-state index in [9.17, 15) is 9.22 Å². The van der Waals surface area contributed by atoms with Crippen LogP contribution in [0.2, 0.25) is 0 Å². The molecule has 0 fully saturated rings. The van der Waals surface area contributed by atoms with E-state index in [2.05, 4.69) is 120 Å². The van der Waals surface area contributed by atoms with Crippen LogP contribution in [0.5, 0.6) is 5.75 Å². The fourth-order valence-electron chi connectivity index (χ4n) is 9.56. The third kappa shape index (κ3) is 7.97. The molecule has 0 unspecified atom stereocenters. The number of aromatic hydroxyl groups is 1. The van der Waals surface area contributed by atoms with E-state index in [1.807, 2.05) is 89.6 Å². The molecule has 0 aliphatic carbocycles. The summed E-state index contributed by atoms with van der Waals surface area (Å²) in [5, 5.41) is 11.5. The van der Waals surface area contributed by atoms with Crippen LogP contribution in [0.3, 0.4) is 0 Å². The van der Waals surface area contributed by atoms with Gasteiger partial charge in [0, 0.05) is 21.4 Å². The number of phenolic OH excluding ortho intramolecular Hbond substituents is 1. The van der Waals surface area contributed by atoms with Crippen LogP contribution in [-0.4, -0.2) is 19.6 Å². The van der Waals surface area contributed by atoms with Gasteiger partial charge in [0.2, 0.25) is 0 Å². The van der Waals surface area contributed by atoms with Gasteiger partial charge in [-0.05, 0) is 160 Å². The van der Waals surface area contributed by atoms with Crippen molar-refractivity contribution in [1.82, 2.24) is 14.5 Å². The summed E-state index contributed by atoms with van der Waals surface area (Å²) in [5.74, 6) is 0.487. The second kappa shape index (κ2) is 17.9. The van der Waals surface area contributed by atoms with Crippen molar-refractivity contribution >= 4 is 11.0 Å². The van der Waals surface area contributed by atoms with E-state index in [4.69, 9.17) is 9.97 Å². The predicted molar refractivity (Wildman–Crippen MR) is 274 cm³/mol. The minimum atomic E-state index is -2.51. The first-order valence-electron chi connectivity index (χ1n) is 24.6. The van der Waals surface area contributed by atoms with E-state index >= 15 is 0 Å². The molecule has 324 valence electrons. The molecule has 0 saturated carbocycles. The lowest BCUT2D eigenvalue weighted by atomic mass is 9.68. The van der Waals surface area contributed by atoms with Gasteiger partial charge in [-0.2, -0.15) is 0 Å². The van der Waals surface area contributed by atoms with Crippen LogP contribution in [0.1, 0.15) is 88.0 Å². The Kier molecular flexibility index (Phi) is 10.9. The Balaban J connectivity index is 1.31. The molecule has 4 nitrogen and oxygen atoms in total. The predicted octanol–water partition coefficient (Wildman–Crippen LogP) is 16.6. The number of para-hydroxylation sites is 2. The largest absolute Gasteiger partial charge is 0.507 e. The number of phenols is 1. The molecule has 1 N–H and O–H groups in total. The molecule has 0 bridgehead atoms. The topological polar surface area (TPSA) is 50.9 Å². The summed E-state index contributed by atoms with van der Waals surface area (Å²) in [4.78, 5) is 10.3. The lowest BCUT2D eigenvalue weighted by Crippen LogP contribution is -2.25. The number of aryl methyl sites for hydroxylation is 1. The molecule has 2 aromatic heterocycles. The van der Waals surface area contributed by atoms with E-state index in [0.717, 1.165) is 81.4 Å². The van der Waals surface area contributed by atoms with Gasteiger partial charge in [-0.1, -0.05) is 151 Å². The van der Waals surface area contributed by atoms with Crippen molar-refractivity contribution in [3.8, 4) is 78.6 Å². The minimum absolute atomic E-state index is 0.0470. The van der Waals surface area contributed by atoms with Gasteiger partial charge in [0.1, 0.15) is 11.6 Å². The molecule has 0 atom stereocenters. The van der Waals surface area contributed by atoms with Gasteiger partial charge in [-0.15, -0.1) is 0 Å². The Morgan fingerprint density at radius 3 is 1.75 bits per heavy atom. The molecule has 0 aliphatic heterocycles.